The SMILES string of the molecule is CC(C)c1nc(C(=O)NC(CO)c2ccco2)cs1. The summed E-state index contributed by atoms with van der Waals surface area (Å²) >= 11 is 1.46. The third-order valence-electron chi connectivity index (χ3n) is 2.62. The molecule has 0 radical (unpaired) electrons. The summed E-state index contributed by atoms with van der Waals surface area (Å²) in [6.45, 7) is 3.83. The van der Waals surface area contributed by atoms with Crippen LogP contribution in [-0.4, -0.2) is 22.6 Å². The number of hydrogen-bond donors (Lipinski definition) is 2. The number of aliphatic hydroxyl groups is 1. The van der Waals surface area contributed by atoms with E-state index in [1.807, 2.05) is 13.8 Å². The predicted octanol–water partition coefficient (Wildman–Crippen LogP) is 2.32. The van der Waals surface area contributed by atoms with Gasteiger partial charge in [0.1, 0.15) is 17.5 Å². The van der Waals surface area contributed by atoms with E-state index >= 15 is 0 Å². The minimum absolute atomic E-state index is 0.222. The average molecular weight is 280 g/mol. The molecule has 0 saturated heterocycles. The first-order valence-corrected chi connectivity index (χ1v) is 6.90. The van der Waals surface area contributed by atoms with Gasteiger partial charge in [-0.1, -0.05) is 13.8 Å². The Morgan fingerprint density at radius 3 is 2.89 bits per heavy atom. The average Bonchev–Trinajstić information content (AvgIpc) is 3.05. The molecule has 1 unspecified atom stereocenters. The summed E-state index contributed by atoms with van der Waals surface area (Å²) in [7, 11) is 0. The number of aliphatic hydroxyl groups excluding tert-OH is 1. The largest absolute Gasteiger partial charge is 0.467 e. The molecule has 5 nitrogen and oxygen atoms in total. The Morgan fingerprint density at radius 1 is 1.58 bits per heavy atom. The topological polar surface area (TPSA) is 75.4 Å². The van der Waals surface area contributed by atoms with E-state index in [9.17, 15) is 9.90 Å². The van der Waals surface area contributed by atoms with Crippen LogP contribution in [0.2, 0.25) is 0 Å². The van der Waals surface area contributed by atoms with Gasteiger partial charge >= 0.3 is 0 Å². The Labute approximate surface area is 115 Å². The van der Waals surface area contributed by atoms with E-state index in [-0.39, 0.29) is 12.5 Å². The van der Waals surface area contributed by atoms with Crippen molar-refractivity contribution in [2.45, 2.75) is 25.8 Å². The van der Waals surface area contributed by atoms with Gasteiger partial charge in [-0.05, 0) is 12.1 Å². The molecule has 0 aliphatic heterocycles. The summed E-state index contributed by atoms with van der Waals surface area (Å²) in [5.74, 6) is 0.513. The van der Waals surface area contributed by atoms with E-state index < -0.39 is 6.04 Å². The summed E-state index contributed by atoms with van der Waals surface area (Å²) in [6, 6.07) is 2.87. The van der Waals surface area contributed by atoms with Crippen LogP contribution in [0.15, 0.2) is 28.2 Å². The van der Waals surface area contributed by atoms with Gasteiger partial charge in [-0.2, -0.15) is 0 Å². The molecule has 2 aromatic heterocycles. The summed E-state index contributed by atoms with van der Waals surface area (Å²) < 4.78 is 5.17. The molecule has 2 N–H and O–H groups in total. The fourth-order valence-corrected chi connectivity index (χ4v) is 2.40. The van der Waals surface area contributed by atoms with E-state index in [4.69, 9.17) is 4.42 Å². The van der Waals surface area contributed by atoms with E-state index in [2.05, 4.69) is 10.3 Å². The zero-order chi connectivity index (χ0) is 13.8. The maximum atomic E-state index is 12.0. The van der Waals surface area contributed by atoms with Gasteiger partial charge in [0, 0.05) is 11.3 Å². The van der Waals surface area contributed by atoms with Gasteiger partial charge in [0.15, 0.2) is 0 Å². The standard InChI is InChI=1S/C13H16N2O3S/c1-8(2)13-15-10(7-19-13)12(17)14-9(6-16)11-4-3-5-18-11/h3-5,7-9,16H,6H2,1-2H3,(H,14,17). The normalized spacial score (nSPS) is 12.6. The predicted molar refractivity (Wildman–Crippen MR) is 72.2 cm³/mol. The molecule has 0 saturated carbocycles. The number of furan rings is 1. The third-order valence-corrected chi connectivity index (χ3v) is 3.77. The molecule has 102 valence electrons. The molecule has 0 aliphatic rings. The van der Waals surface area contributed by atoms with Gasteiger partial charge in [0.05, 0.1) is 17.9 Å². The van der Waals surface area contributed by atoms with E-state index in [0.29, 0.717) is 17.4 Å². The number of amides is 1. The number of carbonyl (C=O) groups excluding carboxylic acids is 1. The molecule has 2 aromatic rings. The number of nitrogens with one attached hydrogen (secondary N) is 1. The highest BCUT2D eigenvalue weighted by Crippen LogP contribution is 2.20. The van der Waals surface area contributed by atoms with E-state index in [0.717, 1.165) is 5.01 Å². The van der Waals surface area contributed by atoms with Crippen molar-refractivity contribution in [1.29, 1.82) is 0 Å². The van der Waals surface area contributed by atoms with Crippen LogP contribution in [0.4, 0.5) is 0 Å². The summed E-state index contributed by atoms with van der Waals surface area (Å²) in [5.41, 5.74) is 0.374. The zero-order valence-electron chi connectivity index (χ0n) is 10.8. The molecule has 6 heteroatoms. The van der Waals surface area contributed by atoms with Crippen LogP contribution in [0.3, 0.4) is 0 Å². The molecule has 0 bridgehead atoms. The number of carbonyl (C=O) groups is 1. The number of rotatable bonds is 5. The first-order chi connectivity index (χ1) is 9.11. The van der Waals surface area contributed by atoms with Crippen LogP contribution in [0, 0.1) is 0 Å². The lowest BCUT2D eigenvalue weighted by Gasteiger charge is -2.12. The monoisotopic (exact) mass is 280 g/mol. The lowest BCUT2D eigenvalue weighted by atomic mass is 10.2. The maximum Gasteiger partial charge on any atom is 0.271 e. The Morgan fingerprint density at radius 2 is 2.37 bits per heavy atom. The lowest BCUT2D eigenvalue weighted by molar-refractivity contribution is 0.0903. The summed E-state index contributed by atoms with van der Waals surface area (Å²) in [6.07, 6.45) is 1.50. The minimum atomic E-state index is -0.549. The fraction of sp³-hybridized carbons (Fsp3) is 0.385. The number of nitrogens with zero attached hydrogens (tertiary/aromatic N) is 1. The highest BCUT2D eigenvalue weighted by molar-refractivity contribution is 7.09. The van der Waals surface area contributed by atoms with Gasteiger partial charge in [-0.3, -0.25) is 4.79 Å². The number of thiazole rings is 1. The van der Waals surface area contributed by atoms with Gasteiger partial charge in [-0.15, -0.1) is 11.3 Å². The molecule has 1 atom stereocenters. The molecule has 0 spiro atoms. The van der Waals surface area contributed by atoms with Crippen molar-refractivity contribution in [3.63, 3.8) is 0 Å². The number of aromatic nitrogens is 1. The van der Waals surface area contributed by atoms with Gasteiger partial charge in [0.25, 0.3) is 5.91 Å². The van der Waals surface area contributed by atoms with Gasteiger partial charge in [0.2, 0.25) is 0 Å². The fourth-order valence-electron chi connectivity index (χ4n) is 1.59. The quantitative estimate of drug-likeness (QED) is 0.881. The van der Waals surface area contributed by atoms with Crippen molar-refractivity contribution >= 4 is 17.2 Å². The van der Waals surface area contributed by atoms with Crippen molar-refractivity contribution < 1.29 is 14.3 Å². The smallest absolute Gasteiger partial charge is 0.271 e. The zero-order valence-corrected chi connectivity index (χ0v) is 11.6. The molecule has 2 rings (SSSR count). The van der Waals surface area contributed by atoms with Crippen molar-refractivity contribution in [3.8, 4) is 0 Å². The molecule has 0 aromatic carbocycles. The molecule has 0 aliphatic carbocycles. The maximum absolute atomic E-state index is 12.0. The van der Waals surface area contributed by atoms with Crippen molar-refractivity contribution in [2.75, 3.05) is 6.61 Å². The van der Waals surface area contributed by atoms with Crippen LogP contribution < -0.4 is 5.32 Å². The Balaban J connectivity index is 2.07. The minimum Gasteiger partial charge on any atom is -0.467 e. The summed E-state index contributed by atoms with van der Waals surface area (Å²) in [4.78, 5) is 16.3. The second-order valence-corrected chi connectivity index (χ2v) is 5.34. The molecule has 0 fully saturated rings. The van der Waals surface area contributed by atoms with Crippen molar-refractivity contribution in [3.05, 3.63) is 40.2 Å². The first-order valence-electron chi connectivity index (χ1n) is 6.02. The Hall–Kier alpha value is -1.66. The van der Waals surface area contributed by atoms with Crippen LogP contribution in [0.25, 0.3) is 0 Å². The van der Waals surface area contributed by atoms with Crippen LogP contribution in [0.1, 0.15) is 47.1 Å². The lowest BCUT2D eigenvalue weighted by Crippen LogP contribution is -2.30. The molecule has 2 heterocycles. The van der Waals surface area contributed by atoms with Crippen LogP contribution >= 0.6 is 11.3 Å². The highest BCUT2D eigenvalue weighted by Gasteiger charge is 2.19. The molecule has 19 heavy (non-hydrogen) atoms. The Kier molecular flexibility index (Phi) is 4.34. The molecular weight excluding hydrogens is 264 g/mol. The summed E-state index contributed by atoms with van der Waals surface area (Å²) in [5, 5.41) is 14.6. The molecular formula is C13H16N2O3S. The second kappa shape index (κ2) is 5.99. The van der Waals surface area contributed by atoms with Gasteiger partial charge in [-0.25, -0.2) is 4.98 Å². The Bertz CT molecular complexity index is 534. The highest BCUT2D eigenvalue weighted by atomic mass is 32.1. The second-order valence-electron chi connectivity index (χ2n) is 4.45. The van der Waals surface area contributed by atoms with Gasteiger partial charge < -0.3 is 14.8 Å². The number of hydrogen-bond acceptors (Lipinski definition) is 5. The molecule has 1 amide bonds. The van der Waals surface area contributed by atoms with Crippen LogP contribution in [0.5, 0.6) is 0 Å². The van der Waals surface area contributed by atoms with E-state index in [1.54, 1.807) is 17.5 Å². The van der Waals surface area contributed by atoms with Crippen molar-refractivity contribution in [1.82, 2.24) is 10.3 Å². The first kappa shape index (κ1) is 13.8. The van der Waals surface area contributed by atoms with E-state index in [1.165, 1.54) is 17.6 Å². The third kappa shape index (κ3) is 3.21. The van der Waals surface area contributed by atoms with Crippen molar-refractivity contribution in [2.24, 2.45) is 0 Å². The van der Waals surface area contributed by atoms with Crippen LogP contribution in [-0.2, 0) is 0 Å².